The SMILES string of the molecule is O=[N+]([O-])c1cc2[nH]cnc2cc1-c1c(Cl)ncnc1Cl. The zero-order valence-electron chi connectivity index (χ0n) is 9.67. The number of halogens is 2. The lowest BCUT2D eigenvalue weighted by molar-refractivity contribution is -0.384. The summed E-state index contributed by atoms with van der Waals surface area (Å²) in [6.45, 7) is 0. The summed E-state index contributed by atoms with van der Waals surface area (Å²) in [6, 6.07) is 2.90. The van der Waals surface area contributed by atoms with E-state index in [9.17, 15) is 10.1 Å². The molecule has 100 valence electrons. The first-order chi connectivity index (χ1) is 9.58. The van der Waals surface area contributed by atoms with E-state index in [1.807, 2.05) is 0 Å². The van der Waals surface area contributed by atoms with Gasteiger partial charge in [0.1, 0.15) is 16.6 Å². The topological polar surface area (TPSA) is 97.6 Å². The van der Waals surface area contributed by atoms with Gasteiger partial charge < -0.3 is 4.98 Å². The van der Waals surface area contributed by atoms with Crippen LogP contribution >= 0.6 is 23.2 Å². The van der Waals surface area contributed by atoms with Gasteiger partial charge in [-0.1, -0.05) is 23.2 Å². The monoisotopic (exact) mass is 309 g/mol. The highest BCUT2D eigenvalue weighted by atomic mass is 35.5. The fourth-order valence-electron chi connectivity index (χ4n) is 1.89. The third-order valence-electron chi connectivity index (χ3n) is 2.76. The smallest absolute Gasteiger partial charge is 0.279 e. The first-order valence-corrected chi connectivity index (χ1v) is 6.11. The summed E-state index contributed by atoms with van der Waals surface area (Å²) in [5.74, 6) is 0. The Hall–Kier alpha value is -2.25. The number of nitrogens with one attached hydrogen (secondary N) is 1. The van der Waals surface area contributed by atoms with E-state index in [-0.39, 0.29) is 27.1 Å². The highest BCUT2D eigenvalue weighted by Crippen LogP contribution is 2.39. The molecule has 0 spiro atoms. The number of nitrogens with zero attached hydrogens (tertiary/aromatic N) is 4. The van der Waals surface area contributed by atoms with Crippen LogP contribution in [0.15, 0.2) is 24.8 Å². The minimum absolute atomic E-state index is 0.0444. The minimum atomic E-state index is -0.519. The van der Waals surface area contributed by atoms with Gasteiger partial charge in [0.25, 0.3) is 5.69 Å². The molecule has 0 atom stereocenters. The van der Waals surface area contributed by atoms with Crippen LogP contribution in [0.4, 0.5) is 5.69 Å². The van der Waals surface area contributed by atoms with Gasteiger partial charge in [0.15, 0.2) is 0 Å². The molecule has 0 aliphatic heterocycles. The van der Waals surface area contributed by atoms with E-state index in [4.69, 9.17) is 23.2 Å². The quantitative estimate of drug-likeness (QED) is 0.445. The van der Waals surface area contributed by atoms with Crippen molar-refractivity contribution in [2.75, 3.05) is 0 Å². The lowest BCUT2D eigenvalue weighted by atomic mass is 10.1. The van der Waals surface area contributed by atoms with Crippen LogP contribution in [0, 0.1) is 10.1 Å². The van der Waals surface area contributed by atoms with E-state index in [1.54, 1.807) is 0 Å². The molecule has 7 nitrogen and oxygen atoms in total. The fourth-order valence-corrected chi connectivity index (χ4v) is 2.41. The Morgan fingerprint density at radius 1 is 1.15 bits per heavy atom. The number of aromatic amines is 1. The summed E-state index contributed by atoms with van der Waals surface area (Å²) in [5.41, 5.74) is 1.39. The molecule has 9 heteroatoms. The van der Waals surface area contributed by atoms with Crippen molar-refractivity contribution in [1.82, 2.24) is 19.9 Å². The zero-order valence-corrected chi connectivity index (χ0v) is 11.2. The largest absolute Gasteiger partial charge is 0.344 e. The molecule has 0 radical (unpaired) electrons. The van der Waals surface area contributed by atoms with Crippen LogP contribution in [0.5, 0.6) is 0 Å². The Morgan fingerprint density at radius 3 is 2.50 bits per heavy atom. The number of benzene rings is 1. The van der Waals surface area contributed by atoms with Gasteiger partial charge in [-0.15, -0.1) is 0 Å². The molecule has 0 amide bonds. The lowest BCUT2D eigenvalue weighted by Gasteiger charge is -2.06. The van der Waals surface area contributed by atoms with Gasteiger partial charge in [-0.3, -0.25) is 10.1 Å². The third kappa shape index (κ3) is 1.97. The Balaban J connectivity index is 2.39. The summed E-state index contributed by atoms with van der Waals surface area (Å²) >= 11 is 12.0. The lowest BCUT2D eigenvalue weighted by Crippen LogP contribution is -1.95. The molecule has 3 aromatic rings. The second kappa shape index (κ2) is 4.69. The summed E-state index contributed by atoms with van der Waals surface area (Å²) in [6.07, 6.45) is 2.63. The van der Waals surface area contributed by atoms with Crippen molar-refractivity contribution in [3.8, 4) is 11.1 Å². The van der Waals surface area contributed by atoms with E-state index in [0.29, 0.717) is 11.0 Å². The first-order valence-electron chi connectivity index (χ1n) is 5.36. The molecule has 2 aromatic heterocycles. The zero-order chi connectivity index (χ0) is 14.3. The minimum Gasteiger partial charge on any atom is -0.344 e. The van der Waals surface area contributed by atoms with Gasteiger partial charge >= 0.3 is 0 Å². The number of imidazole rings is 1. The highest BCUT2D eigenvalue weighted by molar-refractivity contribution is 6.37. The van der Waals surface area contributed by atoms with E-state index in [2.05, 4.69) is 19.9 Å². The van der Waals surface area contributed by atoms with Crippen molar-refractivity contribution < 1.29 is 4.92 Å². The molecule has 0 aliphatic carbocycles. The Morgan fingerprint density at radius 2 is 1.85 bits per heavy atom. The van der Waals surface area contributed by atoms with Crippen LogP contribution < -0.4 is 0 Å². The number of nitro groups is 1. The van der Waals surface area contributed by atoms with Crippen LogP contribution in [0.25, 0.3) is 22.2 Å². The molecule has 0 saturated heterocycles. The second-order valence-electron chi connectivity index (χ2n) is 3.88. The van der Waals surface area contributed by atoms with Gasteiger partial charge in [0.05, 0.1) is 33.4 Å². The van der Waals surface area contributed by atoms with Crippen LogP contribution in [-0.2, 0) is 0 Å². The normalized spacial score (nSPS) is 10.9. The van der Waals surface area contributed by atoms with Gasteiger partial charge in [-0.05, 0) is 6.07 Å². The maximum atomic E-state index is 11.2. The number of nitro benzene ring substituents is 1. The predicted octanol–water partition coefficient (Wildman–Crippen LogP) is 3.23. The third-order valence-corrected chi connectivity index (χ3v) is 3.33. The molecule has 0 saturated carbocycles. The molecule has 0 unspecified atom stereocenters. The van der Waals surface area contributed by atoms with Crippen LogP contribution in [0.2, 0.25) is 10.3 Å². The summed E-state index contributed by atoms with van der Waals surface area (Å²) < 4.78 is 0. The van der Waals surface area contributed by atoms with Gasteiger partial charge in [-0.25, -0.2) is 15.0 Å². The summed E-state index contributed by atoms with van der Waals surface area (Å²) in [7, 11) is 0. The van der Waals surface area contributed by atoms with E-state index < -0.39 is 4.92 Å². The summed E-state index contributed by atoms with van der Waals surface area (Å²) in [4.78, 5) is 25.2. The maximum Gasteiger partial charge on any atom is 0.279 e. The van der Waals surface area contributed by atoms with Crippen LogP contribution in [0.1, 0.15) is 0 Å². The van der Waals surface area contributed by atoms with Crippen molar-refractivity contribution in [2.24, 2.45) is 0 Å². The average Bonchev–Trinajstić information content (AvgIpc) is 2.84. The molecule has 1 N–H and O–H groups in total. The number of hydrogen-bond donors (Lipinski definition) is 1. The average molecular weight is 310 g/mol. The molecular weight excluding hydrogens is 305 g/mol. The Labute approximate surface area is 121 Å². The van der Waals surface area contributed by atoms with Crippen molar-refractivity contribution in [1.29, 1.82) is 0 Å². The standard InChI is InChI=1S/C11H5Cl2N5O2/c12-10-9(11(13)17-4-16-10)5-1-6-7(15-3-14-6)2-8(5)18(19)20/h1-4H,(H,14,15). The van der Waals surface area contributed by atoms with E-state index in [0.717, 1.165) is 0 Å². The number of H-pyrrole nitrogens is 1. The molecule has 0 fully saturated rings. The number of hydrogen-bond acceptors (Lipinski definition) is 5. The number of rotatable bonds is 2. The number of fused-ring (bicyclic) bond motifs is 1. The Bertz CT molecular complexity index is 813. The van der Waals surface area contributed by atoms with E-state index in [1.165, 1.54) is 24.8 Å². The first kappa shape index (κ1) is 12.8. The second-order valence-corrected chi connectivity index (χ2v) is 4.59. The Kier molecular flexibility index (Phi) is 3.00. The van der Waals surface area contributed by atoms with Crippen molar-refractivity contribution in [3.05, 3.63) is 45.2 Å². The molecule has 1 aromatic carbocycles. The molecule has 2 heterocycles. The van der Waals surface area contributed by atoms with Gasteiger partial charge in [0, 0.05) is 6.07 Å². The molecule has 0 bridgehead atoms. The molecular formula is C11H5Cl2N5O2. The maximum absolute atomic E-state index is 11.2. The molecule has 0 aliphatic rings. The van der Waals surface area contributed by atoms with Crippen molar-refractivity contribution >= 4 is 39.9 Å². The van der Waals surface area contributed by atoms with Gasteiger partial charge in [-0.2, -0.15) is 0 Å². The van der Waals surface area contributed by atoms with Crippen LogP contribution in [-0.4, -0.2) is 24.9 Å². The highest BCUT2D eigenvalue weighted by Gasteiger charge is 2.22. The molecule has 3 rings (SSSR count). The predicted molar refractivity (Wildman–Crippen MR) is 73.8 cm³/mol. The molecule has 20 heavy (non-hydrogen) atoms. The fraction of sp³-hybridized carbons (Fsp3) is 0. The van der Waals surface area contributed by atoms with E-state index >= 15 is 0 Å². The summed E-state index contributed by atoms with van der Waals surface area (Å²) in [5, 5.41) is 11.3. The number of aromatic nitrogens is 4. The van der Waals surface area contributed by atoms with Crippen LogP contribution in [0.3, 0.4) is 0 Å². The van der Waals surface area contributed by atoms with Gasteiger partial charge in [0.2, 0.25) is 0 Å². The van der Waals surface area contributed by atoms with Crippen molar-refractivity contribution in [2.45, 2.75) is 0 Å². The van der Waals surface area contributed by atoms with Crippen molar-refractivity contribution in [3.63, 3.8) is 0 Å².